The van der Waals surface area contributed by atoms with Crippen LogP contribution in [0, 0.1) is 5.92 Å². The number of nitrogens with one attached hydrogen (secondary N) is 2. The average Bonchev–Trinajstić information content (AvgIpc) is 2.75. The van der Waals surface area contributed by atoms with Crippen molar-refractivity contribution in [3.8, 4) is 0 Å². The number of carbonyl (C=O) groups excluding carboxylic acids is 2. The van der Waals surface area contributed by atoms with E-state index in [0.717, 1.165) is 5.56 Å². The van der Waals surface area contributed by atoms with Crippen molar-refractivity contribution in [2.24, 2.45) is 5.92 Å². The Bertz CT molecular complexity index is 849. The lowest BCUT2D eigenvalue weighted by atomic mass is 9.77. The first kappa shape index (κ1) is 28.3. The maximum Gasteiger partial charge on any atom is 0.331 e. The summed E-state index contributed by atoms with van der Waals surface area (Å²) in [7, 11) is 3.22. The van der Waals surface area contributed by atoms with Gasteiger partial charge in [-0.15, -0.1) is 0 Å². The Labute approximate surface area is 197 Å². The highest BCUT2D eigenvalue weighted by atomic mass is 16.4. The summed E-state index contributed by atoms with van der Waals surface area (Å²) in [6.45, 7) is 10.5. The smallest absolute Gasteiger partial charge is 0.331 e. The van der Waals surface area contributed by atoms with Crippen LogP contribution in [0.2, 0.25) is 0 Å². The highest BCUT2D eigenvalue weighted by Crippen LogP contribution is 2.27. The molecule has 4 N–H and O–H groups in total. The number of benzene rings is 1. The van der Waals surface area contributed by atoms with E-state index in [4.69, 9.17) is 0 Å². The van der Waals surface area contributed by atoms with Gasteiger partial charge in [0.05, 0.1) is 18.2 Å². The Balaban J connectivity index is 3.19. The van der Waals surface area contributed by atoms with E-state index in [2.05, 4.69) is 10.6 Å². The summed E-state index contributed by atoms with van der Waals surface area (Å²) in [6.07, 6.45) is 0.361. The maximum absolute atomic E-state index is 13.3. The van der Waals surface area contributed by atoms with E-state index in [9.17, 15) is 24.6 Å². The number of likely N-dealkylation sites (N-methyl/N-ethyl adjacent to an activating group) is 2. The van der Waals surface area contributed by atoms with Gasteiger partial charge in [-0.2, -0.15) is 0 Å². The van der Waals surface area contributed by atoms with Crippen LogP contribution in [0.5, 0.6) is 0 Å². The zero-order valence-electron chi connectivity index (χ0n) is 20.9. The van der Waals surface area contributed by atoms with Gasteiger partial charge < -0.3 is 25.7 Å². The van der Waals surface area contributed by atoms with Crippen molar-refractivity contribution in [1.82, 2.24) is 15.5 Å². The van der Waals surface area contributed by atoms with Gasteiger partial charge >= 0.3 is 5.97 Å². The van der Waals surface area contributed by atoms with Crippen LogP contribution in [0.25, 0.3) is 0 Å². The normalized spacial score (nSPS) is 16.0. The van der Waals surface area contributed by atoms with Crippen LogP contribution < -0.4 is 10.6 Å². The standard InChI is InChI=1S/C25H39N3O5/c1-15(2)19(14-16(3)24(32)33)28(8)23(31)20(17(4)29)27-22(30)21(26-7)25(5,6)18-12-10-9-11-13-18/h9-15,17,19-21,26,29H,1-8H3,(H,27,30)(H,32,33)/b16-14+/t17-,19+,20-,21+/m0/s1. The zero-order chi connectivity index (χ0) is 25.5. The molecule has 0 heterocycles. The van der Waals surface area contributed by atoms with Gasteiger partial charge in [0, 0.05) is 18.0 Å². The number of rotatable bonds is 11. The summed E-state index contributed by atoms with van der Waals surface area (Å²) >= 11 is 0. The molecule has 0 aliphatic heterocycles. The third-order valence-corrected chi connectivity index (χ3v) is 6.07. The number of aliphatic hydroxyl groups is 1. The molecular weight excluding hydrogens is 422 g/mol. The monoisotopic (exact) mass is 461 g/mol. The van der Waals surface area contributed by atoms with Gasteiger partial charge in [0.2, 0.25) is 11.8 Å². The first-order chi connectivity index (χ1) is 15.2. The van der Waals surface area contributed by atoms with Crippen LogP contribution in [0.15, 0.2) is 42.0 Å². The van der Waals surface area contributed by atoms with Crippen LogP contribution in [0.3, 0.4) is 0 Å². The van der Waals surface area contributed by atoms with Crippen molar-refractivity contribution in [2.45, 2.75) is 71.2 Å². The Morgan fingerprint density at radius 1 is 1.09 bits per heavy atom. The molecule has 1 rings (SSSR count). The predicted octanol–water partition coefficient (Wildman–Crippen LogP) is 1.93. The Morgan fingerprint density at radius 2 is 1.64 bits per heavy atom. The molecule has 1 aromatic rings. The van der Waals surface area contributed by atoms with E-state index < -0.39 is 47.4 Å². The van der Waals surface area contributed by atoms with Gasteiger partial charge in [0.15, 0.2) is 0 Å². The minimum absolute atomic E-state index is 0.0827. The lowest BCUT2D eigenvalue weighted by Gasteiger charge is -2.37. The molecule has 184 valence electrons. The number of carboxylic acids is 1. The first-order valence-corrected chi connectivity index (χ1v) is 11.1. The minimum Gasteiger partial charge on any atom is -0.478 e. The number of aliphatic carboxylic acids is 1. The molecule has 2 amide bonds. The summed E-state index contributed by atoms with van der Waals surface area (Å²) in [6, 6.07) is 7.19. The summed E-state index contributed by atoms with van der Waals surface area (Å²) in [5, 5.41) is 25.3. The van der Waals surface area contributed by atoms with Crippen LogP contribution in [0.1, 0.15) is 47.1 Å². The SMILES string of the molecule is CN[C@H](C(=O)N[C@H](C(=O)N(C)[C@H](/C=C(\C)C(=O)O)C(C)C)[C@H](C)O)C(C)(C)c1ccccc1. The van der Waals surface area contributed by atoms with Crippen LogP contribution in [0.4, 0.5) is 0 Å². The number of amides is 2. The molecule has 0 unspecified atom stereocenters. The van der Waals surface area contributed by atoms with E-state index in [-0.39, 0.29) is 11.5 Å². The van der Waals surface area contributed by atoms with Crippen molar-refractivity contribution >= 4 is 17.8 Å². The average molecular weight is 462 g/mol. The Morgan fingerprint density at radius 3 is 2.06 bits per heavy atom. The summed E-state index contributed by atoms with van der Waals surface area (Å²) in [4.78, 5) is 39.2. The van der Waals surface area contributed by atoms with Gasteiger partial charge in [0.1, 0.15) is 6.04 Å². The third-order valence-electron chi connectivity index (χ3n) is 6.07. The number of aliphatic hydroxyl groups excluding tert-OH is 1. The van der Waals surface area contributed by atoms with E-state index in [1.807, 2.05) is 58.0 Å². The summed E-state index contributed by atoms with van der Waals surface area (Å²) < 4.78 is 0. The molecule has 1 aromatic carbocycles. The van der Waals surface area contributed by atoms with Crippen molar-refractivity contribution in [2.75, 3.05) is 14.1 Å². The highest BCUT2D eigenvalue weighted by Gasteiger charge is 2.39. The van der Waals surface area contributed by atoms with Crippen molar-refractivity contribution < 1.29 is 24.6 Å². The molecule has 0 radical (unpaired) electrons. The van der Waals surface area contributed by atoms with E-state index in [0.29, 0.717) is 0 Å². The molecule has 33 heavy (non-hydrogen) atoms. The third kappa shape index (κ3) is 7.14. The van der Waals surface area contributed by atoms with E-state index in [1.165, 1.54) is 24.8 Å². The van der Waals surface area contributed by atoms with Crippen LogP contribution in [-0.2, 0) is 19.8 Å². The number of carboxylic acid groups (broad SMARTS) is 1. The first-order valence-electron chi connectivity index (χ1n) is 11.1. The van der Waals surface area contributed by atoms with Crippen molar-refractivity contribution in [3.05, 3.63) is 47.5 Å². The van der Waals surface area contributed by atoms with E-state index in [1.54, 1.807) is 14.1 Å². The fourth-order valence-electron chi connectivity index (χ4n) is 3.92. The van der Waals surface area contributed by atoms with Gasteiger partial charge in [-0.05, 0) is 32.4 Å². The number of carbonyl (C=O) groups is 3. The Kier molecular flexibility index (Phi) is 10.3. The molecule has 0 saturated carbocycles. The molecule has 0 saturated heterocycles. The molecule has 8 nitrogen and oxygen atoms in total. The molecule has 4 atom stereocenters. The number of hydrogen-bond acceptors (Lipinski definition) is 5. The molecule has 8 heteroatoms. The van der Waals surface area contributed by atoms with Gasteiger partial charge in [-0.3, -0.25) is 9.59 Å². The van der Waals surface area contributed by atoms with Crippen molar-refractivity contribution in [3.63, 3.8) is 0 Å². The largest absolute Gasteiger partial charge is 0.478 e. The number of nitrogens with zero attached hydrogens (tertiary/aromatic N) is 1. The quantitative estimate of drug-likeness (QED) is 0.374. The van der Waals surface area contributed by atoms with E-state index >= 15 is 0 Å². The Hall–Kier alpha value is -2.71. The molecular formula is C25H39N3O5. The highest BCUT2D eigenvalue weighted by molar-refractivity contribution is 5.91. The van der Waals surface area contributed by atoms with Gasteiger partial charge in [-0.1, -0.05) is 64.1 Å². The minimum atomic E-state index is -1.19. The lowest BCUT2D eigenvalue weighted by Crippen LogP contribution is -2.61. The fraction of sp³-hybridized carbons (Fsp3) is 0.560. The second kappa shape index (κ2) is 12.0. The molecule has 0 spiro atoms. The van der Waals surface area contributed by atoms with Crippen molar-refractivity contribution in [1.29, 1.82) is 0 Å². The second-order valence-corrected chi connectivity index (χ2v) is 9.37. The summed E-state index contributed by atoms with van der Waals surface area (Å²) in [5.74, 6) is -2.07. The fourth-order valence-corrected chi connectivity index (χ4v) is 3.92. The van der Waals surface area contributed by atoms with Gasteiger partial charge in [0.25, 0.3) is 0 Å². The summed E-state index contributed by atoms with van der Waals surface area (Å²) in [5.41, 5.74) is 0.469. The van der Waals surface area contributed by atoms with Crippen LogP contribution >= 0.6 is 0 Å². The molecule has 0 aliphatic rings. The molecule has 0 aromatic heterocycles. The molecule has 0 aliphatic carbocycles. The predicted molar refractivity (Wildman–Crippen MR) is 129 cm³/mol. The lowest BCUT2D eigenvalue weighted by molar-refractivity contribution is -0.140. The maximum atomic E-state index is 13.3. The topological polar surface area (TPSA) is 119 Å². The van der Waals surface area contributed by atoms with Crippen LogP contribution in [-0.4, -0.2) is 71.2 Å². The molecule has 0 bridgehead atoms. The van der Waals surface area contributed by atoms with Gasteiger partial charge in [-0.25, -0.2) is 4.79 Å². The molecule has 0 fully saturated rings. The number of hydrogen-bond donors (Lipinski definition) is 4. The second-order valence-electron chi connectivity index (χ2n) is 9.37. The zero-order valence-corrected chi connectivity index (χ0v) is 20.9.